The molecule has 136 valence electrons. The summed E-state index contributed by atoms with van der Waals surface area (Å²) >= 11 is 0. The smallest absolute Gasteiger partial charge is 0.270 e. The van der Waals surface area contributed by atoms with Crippen LogP contribution in [0.2, 0.25) is 0 Å². The van der Waals surface area contributed by atoms with Crippen LogP contribution in [0.5, 0.6) is 5.75 Å². The third-order valence-corrected chi connectivity index (χ3v) is 3.55. The summed E-state index contributed by atoms with van der Waals surface area (Å²) in [5, 5.41) is 28.1. The maximum Gasteiger partial charge on any atom is 0.270 e. The molecule has 26 heavy (non-hydrogen) atoms. The molecule has 0 spiro atoms. The summed E-state index contributed by atoms with van der Waals surface area (Å²) in [6.07, 6.45) is 0. The van der Waals surface area contributed by atoms with Gasteiger partial charge in [-0.2, -0.15) is 0 Å². The van der Waals surface area contributed by atoms with Gasteiger partial charge < -0.3 is 21.1 Å². The number of rotatable bonds is 7. The number of nitrogens with one attached hydrogen (secondary N) is 3. The van der Waals surface area contributed by atoms with E-state index in [9.17, 15) is 24.8 Å². The van der Waals surface area contributed by atoms with Crippen molar-refractivity contribution in [1.82, 2.24) is 10.6 Å². The van der Waals surface area contributed by atoms with Gasteiger partial charge in [0, 0.05) is 43.5 Å². The number of carbonyl (C=O) groups is 2. The van der Waals surface area contributed by atoms with Crippen LogP contribution < -0.4 is 16.0 Å². The average Bonchev–Trinajstić information content (AvgIpc) is 2.64. The van der Waals surface area contributed by atoms with Crippen LogP contribution in [0.15, 0.2) is 42.5 Å². The number of amides is 2. The fourth-order valence-corrected chi connectivity index (χ4v) is 2.21. The fourth-order valence-electron chi connectivity index (χ4n) is 2.21. The minimum Gasteiger partial charge on any atom is -0.508 e. The van der Waals surface area contributed by atoms with Gasteiger partial charge in [-0.25, -0.2) is 0 Å². The van der Waals surface area contributed by atoms with Crippen LogP contribution in [-0.4, -0.2) is 42.0 Å². The highest BCUT2D eigenvalue weighted by Gasteiger charge is 2.16. The van der Waals surface area contributed by atoms with E-state index in [1.165, 1.54) is 42.5 Å². The second-order valence-corrected chi connectivity index (χ2v) is 5.30. The molecule has 0 atom stereocenters. The first kappa shape index (κ1) is 18.7. The minimum atomic E-state index is -0.575. The van der Waals surface area contributed by atoms with Gasteiger partial charge in [-0.15, -0.1) is 0 Å². The topological polar surface area (TPSA) is 134 Å². The van der Waals surface area contributed by atoms with E-state index in [2.05, 4.69) is 16.0 Å². The van der Waals surface area contributed by atoms with Crippen molar-refractivity contribution < 1.29 is 19.6 Å². The number of nitro groups is 1. The molecule has 4 N–H and O–H groups in total. The van der Waals surface area contributed by atoms with Crippen molar-refractivity contribution >= 4 is 23.2 Å². The molecule has 0 aromatic heterocycles. The molecule has 0 unspecified atom stereocenters. The van der Waals surface area contributed by atoms with Crippen molar-refractivity contribution in [3.63, 3.8) is 0 Å². The van der Waals surface area contributed by atoms with E-state index >= 15 is 0 Å². The Balaban J connectivity index is 1.90. The molecule has 0 heterocycles. The van der Waals surface area contributed by atoms with Crippen LogP contribution in [0, 0.1) is 10.1 Å². The highest BCUT2D eigenvalue weighted by atomic mass is 16.6. The lowest BCUT2D eigenvalue weighted by Crippen LogP contribution is -2.34. The summed E-state index contributed by atoms with van der Waals surface area (Å²) in [4.78, 5) is 34.4. The summed E-state index contributed by atoms with van der Waals surface area (Å²) in [6.45, 7) is 0.323. The Morgan fingerprint density at radius 2 is 1.65 bits per heavy atom. The molecule has 2 amide bonds. The molecule has 9 heteroatoms. The molecule has 2 aromatic rings. The number of carbonyl (C=O) groups excluding carboxylic acids is 2. The standard InChI is InChI=1S/C17H18N4O5/c1-18-15-7-4-12(21(25)26)10-14(15)17(24)20-9-8-19-16(23)11-2-5-13(22)6-3-11/h2-7,10,18,22H,8-9H2,1H3,(H,19,23)(H,20,24). The van der Waals surface area contributed by atoms with Crippen LogP contribution in [0.25, 0.3) is 0 Å². The number of hydrogen-bond donors (Lipinski definition) is 4. The third-order valence-electron chi connectivity index (χ3n) is 3.55. The summed E-state index contributed by atoms with van der Waals surface area (Å²) in [5.41, 5.74) is 0.799. The van der Waals surface area contributed by atoms with E-state index in [4.69, 9.17) is 0 Å². The van der Waals surface area contributed by atoms with Crippen LogP contribution in [0.3, 0.4) is 0 Å². The van der Waals surface area contributed by atoms with E-state index in [0.717, 1.165) is 0 Å². The SMILES string of the molecule is CNc1ccc([N+](=O)[O-])cc1C(=O)NCCNC(=O)c1ccc(O)cc1. The molecule has 0 saturated carbocycles. The van der Waals surface area contributed by atoms with Crippen molar-refractivity contribution in [2.24, 2.45) is 0 Å². The van der Waals surface area contributed by atoms with Gasteiger partial charge in [-0.05, 0) is 30.3 Å². The van der Waals surface area contributed by atoms with Crippen LogP contribution in [0.1, 0.15) is 20.7 Å². The van der Waals surface area contributed by atoms with E-state index in [0.29, 0.717) is 11.3 Å². The zero-order valence-electron chi connectivity index (χ0n) is 14.0. The van der Waals surface area contributed by atoms with Gasteiger partial charge >= 0.3 is 0 Å². The molecule has 9 nitrogen and oxygen atoms in total. The lowest BCUT2D eigenvalue weighted by Gasteiger charge is -2.10. The van der Waals surface area contributed by atoms with Crippen molar-refractivity contribution in [2.75, 3.05) is 25.5 Å². The van der Waals surface area contributed by atoms with Crippen molar-refractivity contribution in [3.8, 4) is 5.75 Å². The summed E-state index contributed by atoms with van der Waals surface area (Å²) in [7, 11) is 1.61. The first-order valence-electron chi connectivity index (χ1n) is 7.74. The third kappa shape index (κ3) is 4.69. The van der Waals surface area contributed by atoms with E-state index in [-0.39, 0.29) is 36.0 Å². The van der Waals surface area contributed by atoms with E-state index in [1.807, 2.05) is 0 Å². The monoisotopic (exact) mass is 358 g/mol. The molecule has 0 bridgehead atoms. The van der Waals surface area contributed by atoms with Crippen LogP contribution in [0.4, 0.5) is 11.4 Å². The highest BCUT2D eigenvalue weighted by Crippen LogP contribution is 2.21. The largest absolute Gasteiger partial charge is 0.508 e. The van der Waals surface area contributed by atoms with Gasteiger partial charge in [0.1, 0.15) is 5.75 Å². The molecule has 0 saturated heterocycles. The van der Waals surface area contributed by atoms with Crippen molar-refractivity contribution in [3.05, 3.63) is 63.7 Å². The minimum absolute atomic E-state index is 0.0612. The van der Waals surface area contributed by atoms with Gasteiger partial charge in [0.25, 0.3) is 17.5 Å². The number of aromatic hydroxyl groups is 1. The van der Waals surface area contributed by atoms with E-state index < -0.39 is 10.8 Å². The van der Waals surface area contributed by atoms with Crippen molar-refractivity contribution in [2.45, 2.75) is 0 Å². The summed E-state index contributed by atoms with van der Waals surface area (Å²) in [5.74, 6) is -0.770. The maximum atomic E-state index is 12.2. The Morgan fingerprint density at radius 3 is 2.23 bits per heavy atom. The normalized spacial score (nSPS) is 10.0. The Morgan fingerprint density at radius 1 is 1.04 bits per heavy atom. The van der Waals surface area contributed by atoms with Gasteiger partial charge in [0.05, 0.1) is 10.5 Å². The first-order valence-corrected chi connectivity index (χ1v) is 7.74. The Kier molecular flexibility index (Phi) is 6.10. The zero-order chi connectivity index (χ0) is 19.1. The Hall–Kier alpha value is -3.62. The van der Waals surface area contributed by atoms with E-state index in [1.54, 1.807) is 7.05 Å². The summed E-state index contributed by atoms with van der Waals surface area (Å²) in [6, 6.07) is 9.71. The number of phenols is 1. The predicted molar refractivity (Wildman–Crippen MR) is 95.4 cm³/mol. The van der Waals surface area contributed by atoms with Gasteiger partial charge in [-0.3, -0.25) is 19.7 Å². The number of non-ortho nitro benzene ring substituents is 1. The van der Waals surface area contributed by atoms with Gasteiger partial charge in [0.2, 0.25) is 0 Å². The number of anilines is 1. The molecule has 0 aliphatic rings. The molecule has 2 aromatic carbocycles. The molecule has 0 aliphatic carbocycles. The number of hydrogen-bond acceptors (Lipinski definition) is 6. The average molecular weight is 358 g/mol. The van der Waals surface area contributed by atoms with Crippen LogP contribution in [-0.2, 0) is 0 Å². The van der Waals surface area contributed by atoms with Crippen molar-refractivity contribution in [1.29, 1.82) is 0 Å². The molecule has 2 rings (SSSR count). The second kappa shape index (κ2) is 8.47. The Bertz CT molecular complexity index is 820. The highest BCUT2D eigenvalue weighted by molar-refractivity contribution is 6.00. The zero-order valence-corrected chi connectivity index (χ0v) is 14.0. The number of nitro benzene ring substituents is 1. The molecular formula is C17H18N4O5. The van der Waals surface area contributed by atoms with Crippen LogP contribution >= 0.6 is 0 Å². The quantitative estimate of drug-likeness (QED) is 0.337. The molecule has 0 aliphatic heterocycles. The lowest BCUT2D eigenvalue weighted by molar-refractivity contribution is -0.384. The lowest BCUT2D eigenvalue weighted by atomic mass is 10.1. The van der Waals surface area contributed by atoms with Gasteiger partial charge in [-0.1, -0.05) is 0 Å². The fraction of sp³-hybridized carbons (Fsp3) is 0.176. The maximum absolute atomic E-state index is 12.2. The first-order chi connectivity index (χ1) is 12.4. The molecule has 0 radical (unpaired) electrons. The number of benzene rings is 2. The second-order valence-electron chi connectivity index (χ2n) is 5.30. The summed E-state index contributed by atoms with van der Waals surface area (Å²) < 4.78 is 0. The predicted octanol–water partition coefficient (Wildman–Crippen LogP) is 1.50. The molecule has 0 fully saturated rings. The number of phenolic OH excluding ortho intramolecular Hbond substituents is 1. The Labute approximate surface area is 149 Å². The molecular weight excluding hydrogens is 340 g/mol. The van der Waals surface area contributed by atoms with Gasteiger partial charge in [0.15, 0.2) is 0 Å². The number of nitrogens with zero attached hydrogens (tertiary/aromatic N) is 1.